The quantitative estimate of drug-likeness (QED) is 0.507. The number of nitrogens with zero attached hydrogens (tertiary/aromatic N) is 1. The third kappa shape index (κ3) is 3.83. The van der Waals surface area contributed by atoms with Crippen LogP contribution in [0.25, 0.3) is 0 Å². The van der Waals surface area contributed by atoms with E-state index in [1.54, 1.807) is 12.3 Å². The van der Waals surface area contributed by atoms with Gasteiger partial charge in [-0.3, -0.25) is 4.79 Å². The van der Waals surface area contributed by atoms with E-state index in [-0.39, 0.29) is 11.3 Å². The first-order chi connectivity index (χ1) is 9.16. The van der Waals surface area contributed by atoms with Crippen LogP contribution in [0.3, 0.4) is 0 Å². The maximum Gasteiger partial charge on any atom is 0.275 e. The van der Waals surface area contributed by atoms with E-state index in [2.05, 4.69) is 22.7 Å². The topological polar surface area (TPSA) is 61.7 Å². The van der Waals surface area contributed by atoms with Crippen molar-refractivity contribution in [1.82, 2.24) is 5.43 Å². The van der Waals surface area contributed by atoms with Crippen LogP contribution in [0.2, 0.25) is 5.02 Å². The molecule has 1 aromatic rings. The highest BCUT2D eigenvalue weighted by molar-refractivity contribution is 6.30. The molecule has 4 nitrogen and oxygen atoms in total. The first-order valence-corrected chi connectivity index (χ1v) is 6.51. The number of benzene rings is 1. The van der Waals surface area contributed by atoms with Crippen LogP contribution < -0.4 is 5.43 Å². The smallest absolute Gasteiger partial charge is 0.275 e. The number of hydrogen-bond acceptors (Lipinski definition) is 3. The molecule has 0 aliphatic heterocycles. The molecule has 2 N–H and O–H groups in total. The molecule has 100 valence electrons. The maximum atomic E-state index is 11.8. The van der Waals surface area contributed by atoms with Gasteiger partial charge in [0.1, 0.15) is 5.75 Å². The number of phenols is 1. The van der Waals surface area contributed by atoms with Crippen LogP contribution in [0, 0.1) is 5.92 Å². The van der Waals surface area contributed by atoms with Crippen molar-refractivity contribution < 1.29 is 9.90 Å². The van der Waals surface area contributed by atoms with E-state index in [1.165, 1.54) is 12.1 Å². The summed E-state index contributed by atoms with van der Waals surface area (Å²) in [5.41, 5.74) is 2.57. The molecule has 5 heteroatoms. The zero-order valence-electron chi connectivity index (χ0n) is 10.3. The number of nitrogens with one attached hydrogen (secondary N) is 1. The van der Waals surface area contributed by atoms with Gasteiger partial charge in [0.15, 0.2) is 0 Å². The fourth-order valence-electron chi connectivity index (χ4n) is 1.91. The molecule has 0 saturated heterocycles. The van der Waals surface area contributed by atoms with E-state index in [1.807, 2.05) is 0 Å². The van der Waals surface area contributed by atoms with E-state index >= 15 is 0 Å². The van der Waals surface area contributed by atoms with Crippen LogP contribution in [-0.2, 0) is 0 Å². The number of allylic oxidation sites excluding steroid dienone is 2. The monoisotopic (exact) mass is 278 g/mol. The molecule has 0 saturated carbocycles. The number of carbonyl (C=O) groups is 1. The molecule has 0 heterocycles. The summed E-state index contributed by atoms with van der Waals surface area (Å²) in [5, 5.41) is 13.9. The second kappa shape index (κ2) is 6.38. The fourth-order valence-corrected chi connectivity index (χ4v) is 2.08. The van der Waals surface area contributed by atoms with Crippen LogP contribution in [-0.4, -0.2) is 17.2 Å². The highest BCUT2D eigenvalue weighted by Gasteiger charge is 2.11. The second-order valence-electron chi connectivity index (χ2n) is 4.43. The molecule has 0 spiro atoms. The average molecular weight is 279 g/mol. The van der Waals surface area contributed by atoms with Gasteiger partial charge in [0.25, 0.3) is 5.91 Å². The third-order valence-electron chi connectivity index (χ3n) is 2.97. The normalized spacial score (nSPS) is 18.7. The largest absolute Gasteiger partial charge is 0.507 e. The Kier molecular flexibility index (Phi) is 4.58. The number of hydrogen-bond donors (Lipinski definition) is 2. The van der Waals surface area contributed by atoms with Crippen molar-refractivity contribution in [2.24, 2.45) is 11.0 Å². The Morgan fingerprint density at radius 2 is 2.32 bits per heavy atom. The summed E-state index contributed by atoms with van der Waals surface area (Å²) >= 11 is 5.70. The van der Waals surface area contributed by atoms with E-state index in [9.17, 15) is 9.90 Å². The van der Waals surface area contributed by atoms with E-state index in [4.69, 9.17) is 11.6 Å². The van der Waals surface area contributed by atoms with Gasteiger partial charge >= 0.3 is 0 Å². The first-order valence-electron chi connectivity index (χ1n) is 6.14. The van der Waals surface area contributed by atoms with Gasteiger partial charge in [-0.15, -0.1) is 0 Å². The third-order valence-corrected chi connectivity index (χ3v) is 3.20. The Balaban J connectivity index is 1.93. The Morgan fingerprint density at radius 1 is 1.47 bits per heavy atom. The fraction of sp³-hybridized carbons (Fsp3) is 0.286. The lowest BCUT2D eigenvalue weighted by molar-refractivity contribution is 0.0952. The number of rotatable bonds is 3. The number of amides is 1. The van der Waals surface area contributed by atoms with Gasteiger partial charge in [0.05, 0.1) is 5.56 Å². The van der Waals surface area contributed by atoms with Crippen molar-refractivity contribution in [2.75, 3.05) is 0 Å². The molecule has 0 bridgehead atoms. The SMILES string of the molecule is O=C(NN=C[C@H]1CC=CCC1)c1ccc(Cl)cc1O. The Bertz CT molecular complexity index is 526. The molecule has 0 unspecified atom stereocenters. The Labute approximate surface area is 116 Å². The highest BCUT2D eigenvalue weighted by atomic mass is 35.5. The minimum absolute atomic E-state index is 0.152. The summed E-state index contributed by atoms with van der Waals surface area (Å²) in [7, 11) is 0. The average Bonchev–Trinajstić information content (AvgIpc) is 2.39. The summed E-state index contributed by atoms with van der Waals surface area (Å²) in [5.74, 6) is -0.235. The molecule has 1 atom stereocenters. The Morgan fingerprint density at radius 3 is 3.00 bits per heavy atom. The van der Waals surface area contributed by atoms with Crippen molar-refractivity contribution in [3.8, 4) is 5.75 Å². The minimum atomic E-state index is -0.447. The van der Waals surface area contributed by atoms with Crippen LogP contribution >= 0.6 is 11.6 Å². The lowest BCUT2D eigenvalue weighted by Crippen LogP contribution is -2.19. The van der Waals surface area contributed by atoms with Crippen molar-refractivity contribution in [1.29, 1.82) is 0 Å². The molecule has 0 radical (unpaired) electrons. The van der Waals surface area contributed by atoms with Gasteiger partial charge < -0.3 is 5.11 Å². The molecule has 1 aliphatic carbocycles. The minimum Gasteiger partial charge on any atom is -0.507 e. The Hall–Kier alpha value is -1.81. The number of carbonyl (C=O) groups excluding carboxylic acids is 1. The van der Waals surface area contributed by atoms with Crippen LogP contribution in [0.5, 0.6) is 5.75 Å². The van der Waals surface area contributed by atoms with E-state index < -0.39 is 5.91 Å². The molecule has 2 rings (SSSR count). The summed E-state index contributed by atoms with van der Waals surface area (Å²) in [6.07, 6.45) is 9.05. The summed E-state index contributed by atoms with van der Waals surface area (Å²) in [6.45, 7) is 0. The van der Waals surface area contributed by atoms with Gasteiger partial charge in [0, 0.05) is 11.2 Å². The van der Waals surface area contributed by atoms with Crippen molar-refractivity contribution >= 4 is 23.7 Å². The highest BCUT2D eigenvalue weighted by Crippen LogP contribution is 2.21. The van der Waals surface area contributed by atoms with Crippen molar-refractivity contribution in [3.05, 3.63) is 40.9 Å². The van der Waals surface area contributed by atoms with E-state index in [0.29, 0.717) is 10.9 Å². The van der Waals surface area contributed by atoms with Crippen LogP contribution in [0.15, 0.2) is 35.5 Å². The van der Waals surface area contributed by atoms with Gasteiger partial charge in [-0.1, -0.05) is 23.8 Å². The summed E-state index contributed by atoms with van der Waals surface area (Å²) < 4.78 is 0. The van der Waals surface area contributed by atoms with Crippen molar-refractivity contribution in [2.45, 2.75) is 19.3 Å². The van der Waals surface area contributed by atoms with Gasteiger partial charge in [-0.2, -0.15) is 5.10 Å². The number of hydrazone groups is 1. The van der Waals surface area contributed by atoms with E-state index in [0.717, 1.165) is 19.3 Å². The van der Waals surface area contributed by atoms with Gasteiger partial charge in [0.2, 0.25) is 0 Å². The molecule has 1 amide bonds. The summed E-state index contributed by atoms with van der Waals surface area (Å²) in [6, 6.07) is 4.34. The van der Waals surface area contributed by atoms with Crippen molar-refractivity contribution in [3.63, 3.8) is 0 Å². The number of phenolic OH excluding ortho intramolecular Hbond substituents is 1. The first kappa shape index (κ1) is 13.6. The molecule has 1 aliphatic rings. The predicted molar refractivity (Wildman–Crippen MR) is 75.6 cm³/mol. The van der Waals surface area contributed by atoms with Gasteiger partial charge in [-0.05, 0) is 43.4 Å². The zero-order valence-corrected chi connectivity index (χ0v) is 11.1. The summed E-state index contributed by atoms with van der Waals surface area (Å²) in [4.78, 5) is 11.8. The molecule has 0 aromatic heterocycles. The molecule has 1 aromatic carbocycles. The lowest BCUT2D eigenvalue weighted by atomic mass is 9.96. The lowest BCUT2D eigenvalue weighted by Gasteiger charge is -2.11. The molecule has 19 heavy (non-hydrogen) atoms. The second-order valence-corrected chi connectivity index (χ2v) is 4.86. The van der Waals surface area contributed by atoms with Crippen LogP contribution in [0.1, 0.15) is 29.6 Å². The van der Waals surface area contributed by atoms with Gasteiger partial charge in [-0.25, -0.2) is 5.43 Å². The number of halogens is 1. The standard InChI is InChI=1S/C14H15ClN2O2/c15-11-6-7-12(13(18)8-11)14(19)17-16-9-10-4-2-1-3-5-10/h1-2,6-10,18H,3-5H2,(H,17,19)/t10-/m0/s1. The van der Waals surface area contributed by atoms with Crippen LogP contribution in [0.4, 0.5) is 0 Å². The maximum absolute atomic E-state index is 11.8. The molecular formula is C14H15ClN2O2. The molecular weight excluding hydrogens is 264 g/mol. The number of aromatic hydroxyl groups is 1. The molecule has 0 fully saturated rings. The predicted octanol–water partition coefficient (Wildman–Crippen LogP) is 3.12. The zero-order chi connectivity index (χ0) is 13.7.